The lowest BCUT2D eigenvalue weighted by Crippen LogP contribution is -2.30. The highest BCUT2D eigenvalue weighted by molar-refractivity contribution is 5.71. The highest BCUT2D eigenvalue weighted by atomic mass is 15.3. The molecule has 0 spiro atoms. The second-order valence-electron chi connectivity index (χ2n) is 4.22. The van der Waals surface area contributed by atoms with Crippen LogP contribution < -0.4 is 16.3 Å². The van der Waals surface area contributed by atoms with Crippen molar-refractivity contribution in [3.63, 3.8) is 0 Å². The fourth-order valence-electron chi connectivity index (χ4n) is 1.51. The van der Waals surface area contributed by atoms with Crippen molar-refractivity contribution in [3.05, 3.63) is 60.8 Å². The summed E-state index contributed by atoms with van der Waals surface area (Å²) in [6.45, 7) is 2.28. The lowest BCUT2D eigenvalue weighted by molar-refractivity contribution is 0.573. The SMILES string of the molecule is C1=CC=NNC=C1.C1CCNNCC1.c1ccccc1. The van der Waals surface area contributed by atoms with Gasteiger partial charge in [0.2, 0.25) is 0 Å². The van der Waals surface area contributed by atoms with E-state index < -0.39 is 0 Å². The maximum atomic E-state index is 3.72. The second-order valence-corrected chi connectivity index (χ2v) is 4.22. The summed E-state index contributed by atoms with van der Waals surface area (Å²) in [6, 6.07) is 12.0. The van der Waals surface area contributed by atoms with Crippen LogP contribution in [0.25, 0.3) is 0 Å². The topological polar surface area (TPSA) is 48.5 Å². The molecule has 1 aromatic carbocycles. The Kier molecular flexibility index (Phi) is 10.9. The van der Waals surface area contributed by atoms with Crippen LogP contribution >= 0.6 is 0 Å². The monoisotopic (exact) mass is 272 g/mol. The Balaban J connectivity index is 0.000000151. The van der Waals surface area contributed by atoms with Crippen molar-refractivity contribution in [1.29, 1.82) is 0 Å². The molecular weight excluding hydrogens is 248 g/mol. The molecule has 0 atom stereocenters. The summed E-state index contributed by atoms with van der Waals surface area (Å²) in [5.41, 5.74) is 8.87. The van der Waals surface area contributed by atoms with Gasteiger partial charge >= 0.3 is 0 Å². The van der Waals surface area contributed by atoms with Crippen molar-refractivity contribution in [3.8, 4) is 0 Å². The Morgan fingerprint density at radius 3 is 1.85 bits per heavy atom. The average Bonchev–Trinajstić information content (AvgIpc) is 3.00. The fraction of sp³-hybridized carbons (Fsp3) is 0.312. The number of hydrazine groups is 1. The summed E-state index contributed by atoms with van der Waals surface area (Å²) in [7, 11) is 0. The fourth-order valence-corrected chi connectivity index (χ4v) is 1.51. The number of nitrogens with one attached hydrogen (secondary N) is 3. The van der Waals surface area contributed by atoms with E-state index in [2.05, 4.69) is 21.4 Å². The predicted molar refractivity (Wildman–Crippen MR) is 86.2 cm³/mol. The van der Waals surface area contributed by atoms with E-state index in [1.54, 1.807) is 12.4 Å². The minimum absolute atomic E-state index is 1.14. The molecule has 4 heteroatoms. The molecule has 3 N–H and O–H groups in total. The van der Waals surface area contributed by atoms with Gasteiger partial charge in [-0.15, -0.1) is 0 Å². The number of rotatable bonds is 0. The average molecular weight is 272 g/mol. The second kappa shape index (κ2) is 13.5. The number of hydrogen-bond acceptors (Lipinski definition) is 4. The van der Waals surface area contributed by atoms with Crippen LogP contribution in [0.2, 0.25) is 0 Å². The normalized spacial score (nSPS) is 16.4. The number of allylic oxidation sites excluding steroid dienone is 3. The highest BCUT2D eigenvalue weighted by Gasteiger charge is 1.92. The summed E-state index contributed by atoms with van der Waals surface area (Å²) in [6.07, 6.45) is 13.1. The van der Waals surface area contributed by atoms with Gasteiger partial charge in [-0.3, -0.25) is 16.3 Å². The van der Waals surface area contributed by atoms with E-state index in [0.29, 0.717) is 0 Å². The van der Waals surface area contributed by atoms with E-state index in [0.717, 1.165) is 13.1 Å². The lowest BCUT2D eigenvalue weighted by atomic mass is 10.2. The quantitative estimate of drug-likeness (QED) is 0.680. The summed E-state index contributed by atoms with van der Waals surface area (Å²) >= 11 is 0. The zero-order valence-corrected chi connectivity index (χ0v) is 11.8. The van der Waals surface area contributed by atoms with Gasteiger partial charge in [0.1, 0.15) is 0 Å². The van der Waals surface area contributed by atoms with Crippen LogP contribution in [0.4, 0.5) is 0 Å². The Hall–Kier alpha value is -1.91. The molecule has 0 unspecified atom stereocenters. The minimum Gasteiger partial charge on any atom is -0.286 e. The van der Waals surface area contributed by atoms with Gasteiger partial charge in [0.25, 0.3) is 0 Å². The van der Waals surface area contributed by atoms with Crippen LogP contribution in [0.3, 0.4) is 0 Å². The molecule has 1 fully saturated rings. The van der Waals surface area contributed by atoms with E-state index in [4.69, 9.17) is 0 Å². The van der Waals surface area contributed by atoms with Crippen molar-refractivity contribution in [2.24, 2.45) is 5.10 Å². The van der Waals surface area contributed by atoms with Gasteiger partial charge < -0.3 is 0 Å². The molecule has 20 heavy (non-hydrogen) atoms. The van der Waals surface area contributed by atoms with Crippen LogP contribution in [-0.2, 0) is 0 Å². The van der Waals surface area contributed by atoms with Gasteiger partial charge in [-0.2, -0.15) is 5.10 Å². The Bertz CT molecular complexity index is 324. The minimum atomic E-state index is 1.14. The zero-order valence-electron chi connectivity index (χ0n) is 11.8. The highest BCUT2D eigenvalue weighted by Crippen LogP contribution is 1.93. The van der Waals surface area contributed by atoms with Crippen LogP contribution in [0, 0.1) is 0 Å². The van der Waals surface area contributed by atoms with Crippen molar-refractivity contribution in [2.45, 2.75) is 19.3 Å². The molecule has 2 aliphatic heterocycles. The summed E-state index contributed by atoms with van der Waals surface area (Å²) in [5.74, 6) is 0. The van der Waals surface area contributed by atoms with Crippen LogP contribution in [0.5, 0.6) is 0 Å². The third-order valence-corrected chi connectivity index (χ3v) is 2.52. The van der Waals surface area contributed by atoms with Gasteiger partial charge in [0.15, 0.2) is 0 Å². The Labute approximate surface area is 121 Å². The van der Waals surface area contributed by atoms with E-state index in [1.165, 1.54) is 19.3 Å². The first-order valence-electron chi connectivity index (χ1n) is 7.06. The molecular formula is C16H24N4. The smallest absolute Gasteiger partial charge is 0.0472 e. The Morgan fingerprint density at radius 2 is 1.25 bits per heavy atom. The number of hydrazone groups is 1. The zero-order chi connectivity index (χ0) is 14.1. The first-order valence-corrected chi connectivity index (χ1v) is 7.06. The van der Waals surface area contributed by atoms with Crippen LogP contribution in [0.15, 0.2) is 65.9 Å². The summed E-state index contributed by atoms with van der Waals surface area (Å²) < 4.78 is 0. The lowest BCUT2D eigenvalue weighted by Gasteiger charge is -1.95. The standard InChI is InChI=1S/C6H6.C5H12N2.C5H6N2/c1-2-4-6-5-3-1;2*1-2-4-6-7-5-3-1/h1-6H;6-7H,1-5H2;1-6H. The van der Waals surface area contributed by atoms with Gasteiger partial charge in [-0.05, 0) is 25.0 Å². The van der Waals surface area contributed by atoms with E-state index >= 15 is 0 Å². The van der Waals surface area contributed by atoms with Gasteiger partial charge in [-0.1, -0.05) is 48.9 Å². The van der Waals surface area contributed by atoms with Crippen molar-refractivity contribution >= 4 is 6.21 Å². The van der Waals surface area contributed by atoms with Crippen molar-refractivity contribution < 1.29 is 0 Å². The Morgan fingerprint density at radius 1 is 0.650 bits per heavy atom. The van der Waals surface area contributed by atoms with E-state index in [-0.39, 0.29) is 0 Å². The molecule has 1 saturated heterocycles. The first kappa shape index (κ1) is 16.1. The maximum Gasteiger partial charge on any atom is 0.0472 e. The maximum absolute atomic E-state index is 3.72. The molecule has 2 heterocycles. The molecule has 0 aliphatic carbocycles. The van der Waals surface area contributed by atoms with Crippen molar-refractivity contribution in [2.75, 3.05) is 13.1 Å². The van der Waals surface area contributed by atoms with E-state index in [1.807, 2.05) is 54.6 Å². The van der Waals surface area contributed by atoms with Crippen LogP contribution in [0.1, 0.15) is 19.3 Å². The van der Waals surface area contributed by atoms with Gasteiger partial charge in [0, 0.05) is 25.5 Å². The molecule has 108 valence electrons. The number of benzene rings is 1. The molecule has 2 aliphatic rings. The molecule has 1 aromatic rings. The third kappa shape index (κ3) is 11.2. The predicted octanol–water partition coefficient (Wildman–Crippen LogP) is 2.60. The number of hydrogen-bond donors (Lipinski definition) is 3. The number of nitrogens with zero attached hydrogens (tertiary/aromatic N) is 1. The molecule has 0 radical (unpaired) electrons. The summed E-state index contributed by atoms with van der Waals surface area (Å²) in [4.78, 5) is 0. The molecule has 0 bridgehead atoms. The summed E-state index contributed by atoms with van der Waals surface area (Å²) in [5, 5.41) is 3.72. The molecule has 4 nitrogen and oxygen atoms in total. The molecule has 3 rings (SSSR count). The molecule has 0 aromatic heterocycles. The molecule has 0 amide bonds. The largest absolute Gasteiger partial charge is 0.286 e. The first-order chi connectivity index (χ1) is 10.0. The van der Waals surface area contributed by atoms with Crippen molar-refractivity contribution in [1.82, 2.24) is 16.3 Å². The van der Waals surface area contributed by atoms with Crippen LogP contribution in [-0.4, -0.2) is 19.3 Å². The van der Waals surface area contributed by atoms with E-state index in [9.17, 15) is 0 Å². The molecule has 0 saturated carbocycles. The van der Waals surface area contributed by atoms with Gasteiger partial charge in [-0.25, -0.2) is 0 Å². The third-order valence-electron chi connectivity index (χ3n) is 2.52. The van der Waals surface area contributed by atoms with Gasteiger partial charge in [0.05, 0.1) is 0 Å².